The van der Waals surface area contributed by atoms with Gasteiger partial charge in [0.2, 0.25) is 0 Å². The monoisotopic (exact) mass is 346 g/mol. The Bertz CT molecular complexity index is 709. The van der Waals surface area contributed by atoms with Gasteiger partial charge in [0.1, 0.15) is 5.01 Å². The number of benzene rings is 1. The Hall–Kier alpha value is -2.08. The summed E-state index contributed by atoms with van der Waals surface area (Å²) in [6.07, 6.45) is 1.83. The van der Waals surface area contributed by atoms with Crippen LogP contribution in [0.1, 0.15) is 37.6 Å². The first-order valence-corrected chi connectivity index (χ1v) is 8.85. The fourth-order valence-corrected chi connectivity index (χ4v) is 3.07. The molecule has 0 atom stereocenters. The summed E-state index contributed by atoms with van der Waals surface area (Å²) < 4.78 is 0. The summed E-state index contributed by atoms with van der Waals surface area (Å²) in [6.45, 7) is 10.2. The van der Waals surface area contributed by atoms with Crippen LogP contribution in [0.4, 0.5) is 16.2 Å². The Morgan fingerprint density at radius 1 is 1.33 bits per heavy atom. The highest BCUT2D eigenvalue weighted by molar-refractivity contribution is 7.11. The third kappa shape index (κ3) is 4.47. The van der Waals surface area contributed by atoms with Crippen LogP contribution < -0.4 is 15.5 Å². The maximum atomic E-state index is 12.4. The van der Waals surface area contributed by atoms with Gasteiger partial charge in [-0.05, 0) is 52.8 Å². The van der Waals surface area contributed by atoms with Gasteiger partial charge in [0, 0.05) is 35.5 Å². The van der Waals surface area contributed by atoms with Gasteiger partial charge in [0.15, 0.2) is 0 Å². The van der Waals surface area contributed by atoms with Crippen LogP contribution in [0.2, 0.25) is 0 Å². The van der Waals surface area contributed by atoms with E-state index in [1.165, 1.54) is 0 Å². The van der Waals surface area contributed by atoms with Crippen molar-refractivity contribution < 1.29 is 4.79 Å². The summed E-state index contributed by atoms with van der Waals surface area (Å²) in [4.78, 5) is 20.0. The first-order valence-electron chi connectivity index (χ1n) is 8.04. The lowest BCUT2D eigenvalue weighted by molar-refractivity contribution is 0.242. The zero-order chi connectivity index (χ0) is 17.9. The predicted octanol–water partition coefficient (Wildman–Crippen LogP) is 4.35. The molecule has 0 radical (unpaired) electrons. The van der Waals surface area contributed by atoms with Crippen LogP contribution >= 0.6 is 11.3 Å². The number of aryl methyl sites for hydroxylation is 1. The van der Waals surface area contributed by atoms with Gasteiger partial charge in [-0.25, -0.2) is 9.78 Å². The number of rotatable bonds is 5. The number of thiazole rings is 1. The summed E-state index contributed by atoms with van der Waals surface area (Å²) in [5, 5.41) is 6.79. The molecule has 0 aliphatic heterocycles. The van der Waals surface area contributed by atoms with Gasteiger partial charge in [0.05, 0.1) is 5.54 Å². The van der Waals surface area contributed by atoms with Crippen LogP contribution in [0.15, 0.2) is 30.5 Å². The molecule has 1 aromatic carbocycles. The minimum Gasteiger partial charge on any atom is -0.372 e. The normalized spacial score (nSPS) is 11.5. The average Bonchev–Trinajstić information content (AvgIpc) is 2.93. The number of nitrogens with zero attached hydrogens (tertiary/aromatic N) is 2. The van der Waals surface area contributed by atoms with Gasteiger partial charge in [-0.15, -0.1) is 11.3 Å². The Morgan fingerprint density at radius 2 is 2.04 bits per heavy atom. The van der Waals surface area contributed by atoms with Crippen molar-refractivity contribution in [3.8, 4) is 0 Å². The van der Waals surface area contributed by atoms with E-state index in [1.54, 1.807) is 11.3 Å². The lowest BCUT2D eigenvalue weighted by Gasteiger charge is -2.25. The van der Waals surface area contributed by atoms with Gasteiger partial charge in [-0.1, -0.05) is 6.07 Å². The van der Waals surface area contributed by atoms with Gasteiger partial charge >= 0.3 is 6.03 Å². The Labute approximate surface area is 148 Å². The van der Waals surface area contributed by atoms with Crippen LogP contribution in [0.3, 0.4) is 0 Å². The second-order valence-corrected chi connectivity index (χ2v) is 7.97. The number of carbonyl (C=O) groups is 1. The molecule has 0 aliphatic rings. The number of hydrogen-bond acceptors (Lipinski definition) is 4. The third-order valence-electron chi connectivity index (χ3n) is 3.87. The van der Waals surface area contributed by atoms with E-state index in [2.05, 4.69) is 34.4 Å². The molecule has 2 aromatic rings. The van der Waals surface area contributed by atoms with E-state index in [-0.39, 0.29) is 6.03 Å². The first kappa shape index (κ1) is 18.3. The van der Waals surface area contributed by atoms with Crippen LogP contribution in [-0.4, -0.2) is 24.1 Å². The lowest BCUT2D eigenvalue weighted by Crippen LogP contribution is -2.43. The lowest BCUT2D eigenvalue weighted by atomic mass is 10.1. The molecule has 0 fully saturated rings. The average molecular weight is 347 g/mol. The van der Waals surface area contributed by atoms with Gasteiger partial charge in [-0.2, -0.15) is 0 Å². The van der Waals surface area contributed by atoms with Crippen LogP contribution in [-0.2, 0) is 5.54 Å². The van der Waals surface area contributed by atoms with E-state index in [4.69, 9.17) is 0 Å². The second kappa shape index (κ2) is 7.21. The quantitative estimate of drug-likeness (QED) is 0.846. The van der Waals surface area contributed by atoms with Crippen LogP contribution in [0, 0.1) is 6.92 Å². The Kier molecular flexibility index (Phi) is 5.49. The van der Waals surface area contributed by atoms with E-state index in [0.29, 0.717) is 6.04 Å². The molecule has 6 heteroatoms. The topological polar surface area (TPSA) is 57.3 Å². The third-order valence-corrected chi connectivity index (χ3v) is 5.10. The van der Waals surface area contributed by atoms with Gasteiger partial charge < -0.3 is 15.5 Å². The number of urea groups is 1. The zero-order valence-corrected chi connectivity index (χ0v) is 16.0. The largest absolute Gasteiger partial charge is 0.372 e. The molecule has 0 saturated carbocycles. The zero-order valence-electron chi connectivity index (χ0n) is 15.2. The molecule has 0 spiro atoms. The predicted molar refractivity (Wildman–Crippen MR) is 102 cm³/mol. The minimum atomic E-state index is -0.519. The first-order chi connectivity index (χ1) is 11.2. The van der Waals surface area contributed by atoms with E-state index in [9.17, 15) is 4.79 Å². The fourth-order valence-electron chi connectivity index (χ4n) is 2.24. The highest BCUT2D eigenvalue weighted by Crippen LogP contribution is 2.25. The molecular weight excluding hydrogens is 320 g/mol. The van der Waals surface area contributed by atoms with Crippen molar-refractivity contribution in [3.05, 3.63) is 40.3 Å². The summed E-state index contributed by atoms with van der Waals surface area (Å²) in [5.41, 5.74) is 1.32. The molecule has 0 unspecified atom stereocenters. The number of carbonyl (C=O) groups excluding carboxylic acids is 1. The van der Waals surface area contributed by atoms with Crippen molar-refractivity contribution in [3.63, 3.8) is 0 Å². The number of aromatic nitrogens is 1. The molecule has 2 rings (SSSR count). The van der Waals surface area contributed by atoms with Crippen molar-refractivity contribution in [1.29, 1.82) is 0 Å². The fraction of sp³-hybridized carbons (Fsp3) is 0.444. The van der Waals surface area contributed by atoms with Crippen LogP contribution in [0.25, 0.3) is 0 Å². The molecule has 24 heavy (non-hydrogen) atoms. The number of nitrogens with one attached hydrogen (secondary N) is 2. The minimum absolute atomic E-state index is 0.239. The molecule has 5 nitrogen and oxygen atoms in total. The van der Waals surface area contributed by atoms with Crippen molar-refractivity contribution in [2.45, 2.75) is 46.2 Å². The van der Waals surface area contributed by atoms with Crippen LogP contribution in [0.5, 0.6) is 0 Å². The highest BCUT2D eigenvalue weighted by Gasteiger charge is 2.26. The number of anilines is 2. The summed E-state index contributed by atoms with van der Waals surface area (Å²) in [6, 6.07) is 7.99. The molecule has 1 aromatic heterocycles. The standard InChI is InChI=1S/C18H26N4OS/c1-12(2)22(6)15-9-7-8-14(10-15)20-17(23)21-18(4,5)16-19-11-13(3)24-16/h7-12H,1-6H3,(H2,20,21,23). The smallest absolute Gasteiger partial charge is 0.319 e. The van der Waals surface area contributed by atoms with Crippen molar-refractivity contribution in [2.24, 2.45) is 0 Å². The number of amides is 2. The van der Waals surface area contributed by atoms with E-state index in [1.807, 2.05) is 58.3 Å². The molecule has 0 aliphatic carbocycles. The maximum Gasteiger partial charge on any atom is 0.319 e. The van der Waals surface area contributed by atoms with E-state index >= 15 is 0 Å². The molecule has 2 N–H and O–H groups in total. The van der Waals surface area contributed by atoms with E-state index in [0.717, 1.165) is 21.3 Å². The summed E-state index contributed by atoms with van der Waals surface area (Å²) in [5.74, 6) is 0. The maximum absolute atomic E-state index is 12.4. The summed E-state index contributed by atoms with van der Waals surface area (Å²) >= 11 is 1.59. The van der Waals surface area contributed by atoms with Crippen molar-refractivity contribution in [2.75, 3.05) is 17.3 Å². The number of hydrogen-bond donors (Lipinski definition) is 2. The molecule has 2 amide bonds. The Balaban J connectivity index is 2.06. The van der Waals surface area contributed by atoms with E-state index < -0.39 is 5.54 Å². The molecular formula is C18H26N4OS. The highest BCUT2D eigenvalue weighted by atomic mass is 32.1. The second-order valence-electron chi connectivity index (χ2n) is 6.74. The van der Waals surface area contributed by atoms with Crippen molar-refractivity contribution in [1.82, 2.24) is 10.3 Å². The molecule has 1 heterocycles. The molecule has 0 saturated heterocycles. The Morgan fingerprint density at radius 3 is 2.62 bits per heavy atom. The molecule has 0 bridgehead atoms. The summed E-state index contributed by atoms with van der Waals surface area (Å²) in [7, 11) is 2.04. The SMILES string of the molecule is Cc1cnc(C(C)(C)NC(=O)Nc2cccc(N(C)C(C)C)c2)s1. The van der Waals surface area contributed by atoms with Crippen molar-refractivity contribution >= 4 is 28.7 Å². The van der Waals surface area contributed by atoms with Gasteiger partial charge in [-0.3, -0.25) is 0 Å². The van der Waals surface area contributed by atoms with Gasteiger partial charge in [0.25, 0.3) is 0 Å². The molecule has 130 valence electrons.